The van der Waals surface area contributed by atoms with E-state index in [2.05, 4.69) is 11.4 Å². The predicted molar refractivity (Wildman–Crippen MR) is 74.1 cm³/mol. The van der Waals surface area contributed by atoms with Crippen molar-refractivity contribution in [1.29, 1.82) is 0 Å². The lowest BCUT2D eigenvalue weighted by atomic mass is 10.1. The molecule has 0 saturated carbocycles. The van der Waals surface area contributed by atoms with Crippen LogP contribution in [0.4, 0.5) is 10.1 Å². The van der Waals surface area contributed by atoms with E-state index >= 15 is 0 Å². The third kappa shape index (κ3) is 2.55. The van der Waals surface area contributed by atoms with E-state index in [1.807, 2.05) is 19.1 Å². The fourth-order valence-electron chi connectivity index (χ4n) is 2.33. The summed E-state index contributed by atoms with van der Waals surface area (Å²) in [6.45, 7) is 3.44. The Kier molecular flexibility index (Phi) is 3.11. The van der Waals surface area contributed by atoms with Gasteiger partial charge in [-0.2, -0.15) is 0 Å². The number of ether oxygens (including phenoxy) is 1. The van der Waals surface area contributed by atoms with Crippen LogP contribution < -0.4 is 10.1 Å². The molecule has 98 valence electrons. The number of halogens is 1. The fourth-order valence-corrected chi connectivity index (χ4v) is 2.33. The van der Waals surface area contributed by atoms with E-state index in [4.69, 9.17) is 4.74 Å². The zero-order valence-electron chi connectivity index (χ0n) is 10.9. The standard InChI is InChI=1S/C16H16FNO/c1-11-2-4-14(17)9-15(11)18-10-12-3-5-16-13(8-12)6-7-19-16/h2-5,8-9,18H,6-7,10H2,1H3. The Hall–Kier alpha value is -2.03. The van der Waals surface area contributed by atoms with Gasteiger partial charge in [0, 0.05) is 18.7 Å². The van der Waals surface area contributed by atoms with Gasteiger partial charge < -0.3 is 10.1 Å². The zero-order valence-corrected chi connectivity index (χ0v) is 10.9. The number of hydrogen-bond donors (Lipinski definition) is 1. The van der Waals surface area contributed by atoms with E-state index in [-0.39, 0.29) is 5.82 Å². The third-order valence-corrected chi connectivity index (χ3v) is 3.44. The van der Waals surface area contributed by atoms with Crippen LogP contribution in [0.3, 0.4) is 0 Å². The normalized spacial score (nSPS) is 12.9. The summed E-state index contributed by atoms with van der Waals surface area (Å²) >= 11 is 0. The van der Waals surface area contributed by atoms with Gasteiger partial charge in [0.2, 0.25) is 0 Å². The monoisotopic (exact) mass is 257 g/mol. The molecule has 1 N–H and O–H groups in total. The molecule has 0 atom stereocenters. The molecule has 2 aromatic rings. The first-order valence-corrected chi connectivity index (χ1v) is 6.47. The molecule has 0 radical (unpaired) electrons. The number of aryl methyl sites for hydroxylation is 1. The van der Waals surface area contributed by atoms with Crippen molar-refractivity contribution < 1.29 is 9.13 Å². The van der Waals surface area contributed by atoms with Crippen LogP contribution in [0.1, 0.15) is 16.7 Å². The highest BCUT2D eigenvalue weighted by Crippen LogP contribution is 2.26. The minimum atomic E-state index is -0.213. The first-order chi connectivity index (χ1) is 9.22. The predicted octanol–water partition coefficient (Wildman–Crippen LogP) is 3.68. The minimum Gasteiger partial charge on any atom is -0.493 e. The Morgan fingerprint density at radius 3 is 3.00 bits per heavy atom. The van der Waals surface area contributed by atoms with Crippen molar-refractivity contribution in [3.63, 3.8) is 0 Å². The molecule has 0 amide bonds. The van der Waals surface area contributed by atoms with Crippen molar-refractivity contribution in [2.45, 2.75) is 19.9 Å². The quantitative estimate of drug-likeness (QED) is 0.905. The van der Waals surface area contributed by atoms with Crippen LogP contribution >= 0.6 is 0 Å². The molecule has 0 fully saturated rings. The summed E-state index contributed by atoms with van der Waals surface area (Å²) in [7, 11) is 0. The van der Waals surface area contributed by atoms with E-state index in [0.29, 0.717) is 6.54 Å². The maximum absolute atomic E-state index is 13.2. The lowest BCUT2D eigenvalue weighted by Gasteiger charge is -2.10. The Morgan fingerprint density at radius 2 is 2.11 bits per heavy atom. The number of benzene rings is 2. The number of anilines is 1. The molecule has 0 spiro atoms. The van der Waals surface area contributed by atoms with Crippen molar-refractivity contribution in [3.8, 4) is 5.75 Å². The third-order valence-electron chi connectivity index (χ3n) is 3.44. The molecular formula is C16H16FNO. The molecule has 0 unspecified atom stereocenters. The van der Waals surface area contributed by atoms with E-state index < -0.39 is 0 Å². The Morgan fingerprint density at radius 1 is 1.21 bits per heavy atom. The maximum atomic E-state index is 13.2. The van der Waals surface area contributed by atoms with Crippen LogP contribution in [-0.2, 0) is 13.0 Å². The van der Waals surface area contributed by atoms with Gasteiger partial charge in [-0.1, -0.05) is 18.2 Å². The minimum absolute atomic E-state index is 0.213. The molecule has 19 heavy (non-hydrogen) atoms. The van der Waals surface area contributed by atoms with Gasteiger partial charge in [0.15, 0.2) is 0 Å². The summed E-state index contributed by atoms with van der Waals surface area (Å²) < 4.78 is 18.7. The highest BCUT2D eigenvalue weighted by molar-refractivity contribution is 5.51. The molecular weight excluding hydrogens is 241 g/mol. The highest BCUT2D eigenvalue weighted by atomic mass is 19.1. The van der Waals surface area contributed by atoms with Gasteiger partial charge >= 0.3 is 0 Å². The van der Waals surface area contributed by atoms with Gasteiger partial charge in [0.05, 0.1) is 6.61 Å². The molecule has 0 aromatic heterocycles. The summed E-state index contributed by atoms with van der Waals surface area (Å²) in [4.78, 5) is 0. The molecule has 2 aromatic carbocycles. The SMILES string of the molecule is Cc1ccc(F)cc1NCc1ccc2c(c1)CCO2. The van der Waals surface area contributed by atoms with E-state index in [9.17, 15) is 4.39 Å². The topological polar surface area (TPSA) is 21.3 Å². The Balaban J connectivity index is 1.74. The molecule has 1 heterocycles. The maximum Gasteiger partial charge on any atom is 0.125 e. The molecule has 2 nitrogen and oxygen atoms in total. The number of fused-ring (bicyclic) bond motifs is 1. The Bertz CT molecular complexity index is 610. The van der Waals surface area contributed by atoms with Crippen molar-refractivity contribution in [2.24, 2.45) is 0 Å². The molecule has 3 rings (SSSR count). The van der Waals surface area contributed by atoms with Gasteiger partial charge in [0.25, 0.3) is 0 Å². The molecule has 0 bridgehead atoms. The first-order valence-electron chi connectivity index (χ1n) is 6.47. The van der Waals surface area contributed by atoms with E-state index in [1.54, 1.807) is 6.07 Å². The number of nitrogens with one attached hydrogen (secondary N) is 1. The van der Waals surface area contributed by atoms with Crippen molar-refractivity contribution >= 4 is 5.69 Å². The molecule has 1 aliphatic heterocycles. The average molecular weight is 257 g/mol. The van der Waals surface area contributed by atoms with E-state index in [0.717, 1.165) is 30.0 Å². The summed E-state index contributed by atoms with van der Waals surface area (Å²) in [6.07, 6.45) is 0.974. The smallest absolute Gasteiger partial charge is 0.125 e. The summed E-state index contributed by atoms with van der Waals surface area (Å²) in [6, 6.07) is 11.0. The van der Waals surface area contributed by atoms with Crippen molar-refractivity contribution in [1.82, 2.24) is 0 Å². The average Bonchev–Trinajstić information content (AvgIpc) is 2.87. The molecule has 1 aliphatic rings. The van der Waals surface area contributed by atoms with Crippen molar-refractivity contribution in [3.05, 3.63) is 58.9 Å². The fraction of sp³-hybridized carbons (Fsp3) is 0.250. The van der Waals surface area contributed by atoms with Crippen molar-refractivity contribution in [2.75, 3.05) is 11.9 Å². The summed E-state index contributed by atoms with van der Waals surface area (Å²) in [5.74, 6) is 0.779. The summed E-state index contributed by atoms with van der Waals surface area (Å²) in [5.41, 5.74) is 4.34. The molecule has 0 aliphatic carbocycles. The van der Waals surface area contributed by atoms with Gasteiger partial charge in [-0.05, 0) is 41.8 Å². The van der Waals surface area contributed by atoms with Crippen LogP contribution in [-0.4, -0.2) is 6.61 Å². The van der Waals surface area contributed by atoms with Crippen LogP contribution in [0.5, 0.6) is 5.75 Å². The largest absolute Gasteiger partial charge is 0.493 e. The number of hydrogen-bond acceptors (Lipinski definition) is 2. The second kappa shape index (κ2) is 4.92. The van der Waals surface area contributed by atoms with Crippen LogP contribution in [0.15, 0.2) is 36.4 Å². The number of rotatable bonds is 3. The van der Waals surface area contributed by atoms with Gasteiger partial charge in [-0.3, -0.25) is 0 Å². The lowest BCUT2D eigenvalue weighted by molar-refractivity contribution is 0.357. The Labute approximate surface area is 112 Å². The second-order valence-electron chi connectivity index (χ2n) is 4.85. The highest BCUT2D eigenvalue weighted by Gasteiger charge is 2.11. The van der Waals surface area contributed by atoms with Crippen LogP contribution in [0.25, 0.3) is 0 Å². The lowest BCUT2D eigenvalue weighted by Crippen LogP contribution is -2.01. The van der Waals surface area contributed by atoms with Crippen LogP contribution in [0, 0.1) is 12.7 Å². The first kappa shape index (κ1) is 12.0. The van der Waals surface area contributed by atoms with Gasteiger partial charge in [-0.25, -0.2) is 4.39 Å². The second-order valence-corrected chi connectivity index (χ2v) is 4.85. The molecule has 3 heteroatoms. The molecule has 0 saturated heterocycles. The van der Waals surface area contributed by atoms with Crippen LogP contribution in [0.2, 0.25) is 0 Å². The van der Waals surface area contributed by atoms with Gasteiger partial charge in [0.1, 0.15) is 11.6 Å². The van der Waals surface area contributed by atoms with E-state index in [1.165, 1.54) is 23.3 Å². The zero-order chi connectivity index (χ0) is 13.2. The summed E-state index contributed by atoms with van der Waals surface area (Å²) in [5, 5.41) is 3.28. The van der Waals surface area contributed by atoms with Gasteiger partial charge in [-0.15, -0.1) is 0 Å².